The Kier molecular flexibility index (Phi) is 8.28. The first-order valence-corrected chi connectivity index (χ1v) is 13.7. The lowest BCUT2D eigenvalue weighted by molar-refractivity contribution is -0.265. The van der Waals surface area contributed by atoms with Gasteiger partial charge in [0.2, 0.25) is 5.60 Å². The second kappa shape index (κ2) is 11.9. The molecule has 4 aromatic rings. The summed E-state index contributed by atoms with van der Waals surface area (Å²) in [5, 5.41) is 32.7. The number of carbonyl (C=O) groups is 1. The normalized spacial score (nSPS) is 18.8. The number of hydrogen-bond acceptors (Lipinski definition) is 8. The SMILES string of the molecule is COc1cc(C(=O)NCC(O)(c2cc3c(c(-c4ccc(F)cc4)n2)OCC(C#N)(CF)[C@@H]3C)C(F)(F)F)cc2cc(C#N)cnc12. The number of hydrogen-bond donors (Lipinski definition) is 2. The van der Waals surface area contributed by atoms with Crippen molar-refractivity contribution < 1.29 is 41.3 Å². The van der Waals surface area contributed by atoms with Crippen molar-refractivity contribution in [1.29, 1.82) is 10.5 Å². The number of ether oxygens (including phenoxy) is 2. The largest absolute Gasteiger partial charge is 0.494 e. The number of benzene rings is 2. The third-order valence-electron chi connectivity index (χ3n) is 8.11. The lowest BCUT2D eigenvalue weighted by Gasteiger charge is -2.38. The molecule has 0 fully saturated rings. The molecule has 0 radical (unpaired) electrons. The maximum absolute atomic E-state index is 14.8. The van der Waals surface area contributed by atoms with E-state index in [-0.39, 0.29) is 39.4 Å². The van der Waals surface area contributed by atoms with Gasteiger partial charge in [-0.15, -0.1) is 0 Å². The fourth-order valence-electron chi connectivity index (χ4n) is 5.19. The van der Waals surface area contributed by atoms with Crippen molar-refractivity contribution in [1.82, 2.24) is 15.3 Å². The van der Waals surface area contributed by atoms with Crippen LogP contribution in [0.2, 0.25) is 0 Å². The summed E-state index contributed by atoms with van der Waals surface area (Å²) >= 11 is 0. The third kappa shape index (κ3) is 5.41. The van der Waals surface area contributed by atoms with Gasteiger partial charge in [-0.3, -0.25) is 9.78 Å². The van der Waals surface area contributed by atoms with Crippen LogP contribution >= 0.6 is 0 Å². The van der Waals surface area contributed by atoms with Gasteiger partial charge in [-0.1, -0.05) is 6.92 Å². The first-order valence-electron chi connectivity index (χ1n) is 13.7. The number of pyridine rings is 2. The fraction of sp³-hybridized carbons (Fsp3) is 0.281. The molecule has 2 aromatic carbocycles. The van der Waals surface area contributed by atoms with Gasteiger partial charge >= 0.3 is 6.18 Å². The predicted molar refractivity (Wildman–Crippen MR) is 153 cm³/mol. The number of fused-ring (bicyclic) bond motifs is 2. The number of nitrogens with zero attached hydrogens (tertiary/aromatic N) is 4. The van der Waals surface area contributed by atoms with E-state index in [2.05, 4.69) is 15.3 Å². The van der Waals surface area contributed by atoms with Gasteiger partial charge in [0.1, 0.15) is 53.3 Å². The van der Waals surface area contributed by atoms with Crippen molar-refractivity contribution in [3.05, 3.63) is 82.9 Å². The monoisotopic (exact) mass is 637 g/mol. The van der Waals surface area contributed by atoms with E-state index in [9.17, 15) is 42.4 Å². The number of aliphatic hydroxyl groups is 1. The molecule has 3 atom stereocenters. The van der Waals surface area contributed by atoms with Crippen LogP contribution in [0.1, 0.15) is 40.0 Å². The highest BCUT2D eigenvalue weighted by Gasteiger charge is 2.57. The van der Waals surface area contributed by atoms with E-state index in [0.717, 1.165) is 18.2 Å². The van der Waals surface area contributed by atoms with Gasteiger partial charge in [-0.2, -0.15) is 23.7 Å². The van der Waals surface area contributed by atoms with Gasteiger partial charge in [-0.25, -0.2) is 13.8 Å². The van der Waals surface area contributed by atoms with Crippen LogP contribution in [0, 0.1) is 33.9 Å². The zero-order valence-corrected chi connectivity index (χ0v) is 24.2. The summed E-state index contributed by atoms with van der Waals surface area (Å²) in [5.41, 5.74) is -6.33. The molecule has 0 spiro atoms. The molecule has 1 amide bonds. The van der Waals surface area contributed by atoms with Gasteiger partial charge in [0.25, 0.3) is 5.91 Å². The maximum Gasteiger partial charge on any atom is 0.424 e. The molecular weight excluding hydrogens is 613 g/mol. The summed E-state index contributed by atoms with van der Waals surface area (Å²) in [6.07, 6.45) is -4.13. The number of amides is 1. The van der Waals surface area contributed by atoms with Gasteiger partial charge in [0, 0.05) is 34.2 Å². The van der Waals surface area contributed by atoms with Gasteiger partial charge in [-0.05, 0) is 48.5 Å². The standard InChI is InChI=1S/C32H24F5N5O4/c1-17-23-10-25(42-27(19-3-5-22(34)6-4-19)28(23)46-16-30(17,13-33)14-39)31(44,32(35,36)37)15-41-29(43)21-8-20-7-18(11-38)12-40-26(20)24(9-21)45-2/h3-10,12,17,44H,13,15-16H2,1-2H3,(H,41,43)/t17-,30?,31?/m1/s1. The predicted octanol–water partition coefficient (Wildman–Crippen LogP) is 5.47. The number of alkyl halides is 4. The smallest absolute Gasteiger partial charge is 0.424 e. The maximum atomic E-state index is 14.8. The summed E-state index contributed by atoms with van der Waals surface area (Å²) in [6, 6.07) is 13.2. The fourth-order valence-corrected chi connectivity index (χ4v) is 5.19. The molecule has 1 aliphatic heterocycles. The van der Waals surface area contributed by atoms with E-state index < -0.39 is 60.4 Å². The summed E-state index contributed by atoms with van der Waals surface area (Å²) in [5.74, 6) is -2.62. The molecule has 3 heterocycles. The molecule has 236 valence electrons. The number of nitriles is 2. The van der Waals surface area contributed by atoms with Gasteiger partial charge in [0.15, 0.2) is 0 Å². The Bertz CT molecular complexity index is 1920. The van der Waals surface area contributed by atoms with Gasteiger partial charge in [0.05, 0.1) is 31.0 Å². The molecule has 1 aliphatic rings. The van der Waals surface area contributed by atoms with Crippen LogP contribution in [0.4, 0.5) is 22.0 Å². The Morgan fingerprint density at radius 1 is 1.20 bits per heavy atom. The number of nitrogens with one attached hydrogen (secondary N) is 1. The highest BCUT2D eigenvalue weighted by atomic mass is 19.4. The van der Waals surface area contributed by atoms with Crippen molar-refractivity contribution in [2.24, 2.45) is 5.41 Å². The minimum absolute atomic E-state index is 0.0381. The van der Waals surface area contributed by atoms with E-state index in [4.69, 9.17) is 9.47 Å². The molecule has 0 saturated carbocycles. The summed E-state index contributed by atoms with van der Waals surface area (Å²) < 4.78 is 83.2. The molecule has 9 nitrogen and oxygen atoms in total. The summed E-state index contributed by atoms with van der Waals surface area (Å²) in [7, 11) is 1.30. The topological polar surface area (TPSA) is 141 Å². The van der Waals surface area contributed by atoms with Crippen LogP contribution in [0.25, 0.3) is 22.2 Å². The zero-order chi connectivity index (χ0) is 33.4. The zero-order valence-electron chi connectivity index (χ0n) is 24.2. The Balaban J connectivity index is 1.60. The molecular formula is C32H24F5N5O4. The van der Waals surface area contributed by atoms with Crippen molar-refractivity contribution in [3.63, 3.8) is 0 Å². The Hall–Kier alpha value is -5.34. The van der Waals surface area contributed by atoms with E-state index in [1.165, 1.54) is 50.6 Å². The summed E-state index contributed by atoms with van der Waals surface area (Å²) in [4.78, 5) is 21.4. The first-order chi connectivity index (χ1) is 21.8. The lowest BCUT2D eigenvalue weighted by atomic mass is 9.73. The Morgan fingerprint density at radius 2 is 1.91 bits per heavy atom. The number of carbonyl (C=O) groups excluding carboxylic acids is 1. The highest BCUT2D eigenvalue weighted by Crippen LogP contribution is 2.50. The number of methoxy groups -OCH3 is 1. The van der Waals surface area contributed by atoms with Crippen molar-refractivity contribution in [2.45, 2.75) is 24.6 Å². The van der Waals surface area contributed by atoms with Crippen LogP contribution in [0.15, 0.2) is 54.7 Å². The molecule has 46 heavy (non-hydrogen) atoms. The average Bonchev–Trinajstić information content (AvgIpc) is 3.06. The Labute approximate surface area is 258 Å². The van der Waals surface area contributed by atoms with Crippen molar-refractivity contribution in [3.8, 4) is 34.9 Å². The van der Waals surface area contributed by atoms with Crippen molar-refractivity contribution >= 4 is 16.8 Å². The second-order valence-electron chi connectivity index (χ2n) is 10.8. The molecule has 2 N–H and O–H groups in total. The number of rotatable bonds is 7. The molecule has 0 bridgehead atoms. The van der Waals surface area contributed by atoms with E-state index in [1.54, 1.807) is 0 Å². The Morgan fingerprint density at radius 3 is 2.52 bits per heavy atom. The molecule has 0 aliphatic carbocycles. The molecule has 5 rings (SSSR count). The van der Waals surface area contributed by atoms with Crippen LogP contribution in [-0.2, 0) is 5.60 Å². The first kappa shape index (κ1) is 32.1. The molecule has 2 unspecified atom stereocenters. The molecule has 14 heteroatoms. The minimum Gasteiger partial charge on any atom is -0.494 e. The minimum atomic E-state index is -5.42. The quantitative estimate of drug-likeness (QED) is 0.254. The van der Waals surface area contributed by atoms with Gasteiger partial charge < -0.3 is 19.9 Å². The molecule has 0 saturated heterocycles. The van der Waals surface area contributed by atoms with E-state index >= 15 is 0 Å². The van der Waals surface area contributed by atoms with E-state index in [1.807, 2.05) is 12.1 Å². The van der Waals surface area contributed by atoms with Crippen LogP contribution in [-0.4, -0.2) is 54.1 Å². The number of aromatic nitrogens is 2. The highest BCUT2D eigenvalue weighted by molar-refractivity contribution is 6.00. The average molecular weight is 638 g/mol. The molecule has 2 aromatic heterocycles. The van der Waals surface area contributed by atoms with Crippen LogP contribution in [0.3, 0.4) is 0 Å². The number of halogens is 5. The second-order valence-corrected chi connectivity index (χ2v) is 10.8. The van der Waals surface area contributed by atoms with E-state index in [0.29, 0.717) is 10.9 Å². The lowest BCUT2D eigenvalue weighted by Crippen LogP contribution is -2.52. The third-order valence-corrected chi connectivity index (χ3v) is 8.11. The van der Waals surface area contributed by atoms with Crippen LogP contribution < -0.4 is 14.8 Å². The summed E-state index contributed by atoms with van der Waals surface area (Å²) in [6.45, 7) is -1.57. The van der Waals surface area contributed by atoms with Crippen LogP contribution in [0.5, 0.6) is 11.5 Å². The van der Waals surface area contributed by atoms with Crippen molar-refractivity contribution in [2.75, 3.05) is 26.9 Å².